The van der Waals surface area contributed by atoms with E-state index in [1.165, 1.54) is 0 Å². The zero-order valence-corrected chi connectivity index (χ0v) is 12.1. The molecule has 0 aromatic heterocycles. The van der Waals surface area contributed by atoms with Gasteiger partial charge in [-0.15, -0.1) is 0 Å². The monoisotopic (exact) mass is 255 g/mol. The van der Waals surface area contributed by atoms with Gasteiger partial charge in [-0.25, -0.2) is 0 Å². The van der Waals surface area contributed by atoms with Gasteiger partial charge in [-0.2, -0.15) is 0 Å². The normalized spacial score (nSPS) is 39.1. The van der Waals surface area contributed by atoms with Crippen LogP contribution >= 0.6 is 0 Å². The largest absolute Gasteiger partial charge is 0.481 e. The third-order valence-electron chi connectivity index (χ3n) is 4.43. The number of aliphatic carboxylic acids is 1. The van der Waals surface area contributed by atoms with Gasteiger partial charge < -0.3 is 9.84 Å². The summed E-state index contributed by atoms with van der Waals surface area (Å²) in [4.78, 5) is 13.5. The Kier molecular flexibility index (Phi) is 3.23. The predicted molar refractivity (Wildman–Crippen MR) is 69.5 cm³/mol. The molecule has 0 amide bonds. The average Bonchev–Trinajstić information content (AvgIpc) is 2.63. The minimum absolute atomic E-state index is 0.112. The molecule has 0 spiro atoms. The van der Waals surface area contributed by atoms with Crippen molar-refractivity contribution in [2.45, 2.75) is 58.3 Å². The first-order valence-corrected chi connectivity index (χ1v) is 6.79. The molecule has 0 bridgehead atoms. The summed E-state index contributed by atoms with van der Waals surface area (Å²) >= 11 is 0. The Bertz CT molecular complexity index is 351. The second-order valence-electron chi connectivity index (χ2n) is 7.06. The summed E-state index contributed by atoms with van der Waals surface area (Å²) in [5.41, 5.74) is -0.310. The van der Waals surface area contributed by atoms with E-state index < -0.39 is 5.97 Å². The molecule has 18 heavy (non-hydrogen) atoms. The van der Waals surface area contributed by atoms with E-state index in [1.54, 1.807) is 0 Å². The highest BCUT2D eigenvalue weighted by Gasteiger charge is 2.51. The molecule has 0 aromatic rings. The molecule has 2 aliphatic heterocycles. The molecule has 3 atom stereocenters. The van der Waals surface area contributed by atoms with Crippen molar-refractivity contribution in [3.63, 3.8) is 0 Å². The Labute approximate surface area is 109 Å². The molecule has 2 aliphatic rings. The van der Waals surface area contributed by atoms with Gasteiger partial charge in [-0.3, -0.25) is 9.69 Å². The van der Waals surface area contributed by atoms with Gasteiger partial charge in [0.1, 0.15) is 0 Å². The summed E-state index contributed by atoms with van der Waals surface area (Å²) in [5, 5.41) is 9.22. The minimum atomic E-state index is -0.666. The number of nitrogens with zero attached hydrogens (tertiary/aromatic N) is 1. The van der Waals surface area contributed by atoms with Crippen molar-refractivity contribution in [2.24, 2.45) is 11.8 Å². The number of rotatable bonds is 2. The van der Waals surface area contributed by atoms with Crippen LogP contribution < -0.4 is 0 Å². The van der Waals surface area contributed by atoms with E-state index in [0.717, 1.165) is 13.0 Å². The third-order valence-corrected chi connectivity index (χ3v) is 4.43. The van der Waals surface area contributed by atoms with Crippen LogP contribution in [0.4, 0.5) is 0 Å². The molecule has 2 fully saturated rings. The van der Waals surface area contributed by atoms with Crippen LogP contribution in [0.15, 0.2) is 0 Å². The quantitative estimate of drug-likeness (QED) is 0.820. The van der Waals surface area contributed by atoms with Crippen molar-refractivity contribution in [1.29, 1.82) is 0 Å². The molecule has 2 heterocycles. The standard InChI is InChI=1S/C14H25NO3/c1-9-7-15(8-10(9)12(16)17)11-6-13(2,3)18-14(11,4)5/h9-11H,6-8H2,1-5H3,(H,16,17). The number of hydrogen-bond donors (Lipinski definition) is 1. The summed E-state index contributed by atoms with van der Waals surface area (Å²) in [6.45, 7) is 12.0. The molecular weight excluding hydrogens is 230 g/mol. The lowest BCUT2D eigenvalue weighted by Crippen LogP contribution is -2.45. The number of carbonyl (C=O) groups is 1. The molecule has 104 valence electrons. The highest BCUT2D eigenvalue weighted by molar-refractivity contribution is 5.71. The second-order valence-corrected chi connectivity index (χ2v) is 7.06. The first-order chi connectivity index (χ1) is 8.12. The SMILES string of the molecule is CC1CN(C2CC(C)(C)OC2(C)C)CC1C(=O)O. The summed E-state index contributed by atoms with van der Waals surface area (Å²) in [7, 11) is 0. The first-order valence-electron chi connectivity index (χ1n) is 6.79. The van der Waals surface area contributed by atoms with Crippen molar-refractivity contribution >= 4 is 5.97 Å². The van der Waals surface area contributed by atoms with Crippen LogP contribution in [-0.4, -0.2) is 46.3 Å². The third kappa shape index (κ3) is 2.41. The molecule has 0 aromatic carbocycles. The lowest BCUT2D eigenvalue weighted by molar-refractivity contribution is -0.142. The Balaban J connectivity index is 2.12. The van der Waals surface area contributed by atoms with Crippen LogP contribution in [-0.2, 0) is 9.53 Å². The molecule has 4 nitrogen and oxygen atoms in total. The van der Waals surface area contributed by atoms with Gasteiger partial charge >= 0.3 is 5.97 Å². The van der Waals surface area contributed by atoms with Crippen molar-refractivity contribution < 1.29 is 14.6 Å². The van der Waals surface area contributed by atoms with E-state index in [1.807, 2.05) is 6.92 Å². The van der Waals surface area contributed by atoms with Crippen molar-refractivity contribution in [1.82, 2.24) is 4.90 Å². The van der Waals surface area contributed by atoms with E-state index in [9.17, 15) is 9.90 Å². The van der Waals surface area contributed by atoms with Crippen LogP contribution in [0.3, 0.4) is 0 Å². The highest BCUT2D eigenvalue weighted by atomic mass is 16.5. The number of likely N-dealkylation sites (tertiary alicyclic amines) is 1. The van der Waals surface area contributed by atoms with Crippen LogP contribution in [0, 0.1) is 11.8 Å². The average molecular weight is 255 g/mol. The van der Waals surface area contributed by atoms with E-state index >= 15 is 0 Å². The van der Waals surface area contributed by atoms with Crippen LogP contribution in [0.25, 0.3) is 0 Å². The highest BCUT2D eigenvalue weighted by Crippen LogP contribution is 2.42. The topological polar surface area (TPSA) is 49.8 Å². The zero-order chi connectivity index (χ0) is 13.7. The van der Waals surface area contributed by atoms with Gasteiger partial charge in [0.05, 0.1) is 17.1 Å². The Morgan fingerprint density at radius 3 is 2.28 bits per heavy atom. The lowest BCUT2D eigenvalue weighted by atomic mass is 9.93. The summed E-state index contributed by atoms with van der Waals surface area (Å²) in [6, 6.07) is 0.319. The fourth-order valence-electron chi connectivity index (χ4n) is 3.68. The molecule has 4 heteroatoms. The lowest BCUT2D eigenvalue weighted by Gasteiger charge is -2.33. The van der Waals surface area contributed by atoms with E-state index in [-0.39, 0.29) is 23.0 Å². The van der Waals surface area contributed by atoms with Crippen LogP contribution in [0.2, 0.25) is 0 Å². The number of hydrogen-bond acceptors (Lipinski definition) is 3. The number of ether oxygens (including phenoxy) is 1. The zero-order valence-electron chi connectivity index (χ0n) is 12.1. The van der Waals surface area contributed by atoms with Crippen molar-refractivity contribution in [3.8, 4) is 0 Å². The Morgan fingerprint density at radius 1 is 1.28 bits per heavy atom. The molecular formula is C14H25NO3. The van der Waals surface area contributed by atoms with Crippen molar-refractivity contribution in [3.05, 3.63) is 0 Å². The molecule has 1 N–H and O–H groups in total. The second kappa shape index (κ2) is 4.20. The van der Waals surface area contributed by atoms with Gasteiger partial charge in [0.2, 0.25) is 0 Å². The van der Waals surface area contributed by atoms with Crippen LogP contribution in [0.1, 0.15) is 41.0 Å². The van der Waals surface area contributed by atoms with Gasteiger partial charge in [0, 0.05) is 19.1 Å². The summed E-state index contributed by atoms with van der Waals surface area (Å²) in [6.07, 6.45) is 0.971. The smallest absolute Gasteiger partial charge is 0.308 e. The van der Waals surface area contributed by atoms with Gasteiger partial charge in [0.15, 0.2) is 0 Å². The predicted octanol–water partition coefficient (Wildman–Crippen LogP) is 1.98. The molecule has 0 radical (unpaired) electrons. The van der Waals surface area contributed by atoms with Gasteiger partial charge in [0.25, 0.3) is 0 Å². The minimum Gasteiger partial charge on any atom is -0.481 e. The summed E-state index contributed by atoms with van der Waals surface area (Å²) < 4.78 is 6.10. The number of carboxylic acids is 1. The number of carboxylic acid groups (broad SMARTS) is 1. The molecule has 2 saturated heterocycles. The van der Waals surface area contributed by atoms with Crippen molar-refractivity contribution in [2.75, 3.05) is 13.1 Å². The maximum absolute atomic E-state index is 11.2. The van der Waals surface area contributed by atoms with E-state index in [2.05, 4.69) is 32.6 Å². The fraction of sp³-hybridized carbons (Fsp3) is 0.929. The molecule has 3 unspecified atom stereocenters. The first kappa shape index (κ1) is 13.8. The maximum atomic E-state index is 11.2. The molecule has 0 saturated carbocycles. The van der Waals surface area contributed by atoms with E-state index in [0.29, 0.717) is 12.6 Å². The Morgan fingerprint density at radius 2 is 1.89 bits per heavy atom. The Hall–Kier alpha value is -0.610. The van der Waals surface area contributed by atoms with Gasteiger partial charge in [-0.05, 0) is 40.0 Å². The summed E-state index contributed by atoms with van der Waals surface area (Å²) in [5.74, 6) is -0.674. The van der Waals surface area contributed by atoms with Crippen LogP contribution in [0.5, 0.6) is 0 Å². The van der Waals surface area contributed by atoms with E-state index in [4.69, 9.17) is 4.74 Å². The van der Waals surface area contributed by atoms with Gasteiger partial charge in [-0.1, -0.05) is 6.92 Å². The fourth-order valence-corrected chi connectivity index (χ4v) is 3.68. The maximum Gasteiger partial charge on any atom is 0.308 e. The molecule has 2 rings (SSSR count). The molecule has 0 aliphatic carbocycles.